The van der Waals surface area contributed by atoms with E-state index in [1.54, 1.807) is 0 Å². The largest absolute Gasteiger partial charge is 0.253 e. The molecule has 0 bridgehead atoms. The summed E-state index contributed by atoms with van der Waals surface area (Å²) in [4.78, 5) is 0. The van der Waals surface area contributed by atoms with Gasteiger partial charge >= 0.3 is 0 Å². The van der Waals surface area contributed by atoms with Crippen LogP contribution >= 0.6 is 11.6 Å². The maximum Gasteiger partial charge on any atom is 0.130 e. The molecule has 0 spiro atoms. The monoisotopic (exact) mass is 186 g/mol. The van der Waals surface area contributed by atoms with Gasteiger partial charge in [0.25, 0.3) is 0 Å². The third kappa shape index (κ3) is 1.63. The van der Waals surface area contributed by atoms with E-state index in [-0.39, 0.29) is 0 Å². The van der Waals surface area contributed by atoms with E-state index < -0.39 is 0 Å². The first-order valence-corrected chi connectivity index (χ1v) is 4.80. The number of aromatic nitrogens is 2. The Morgan fingerprint density at radius 3 is 2.50 bits per heavy atom. The molecule has 0 radical (unpaired) electrons. The summed E-state index contributed by atoms with van der Waals surface area (Å²) in [5.41, 5.74) is 2.25. The van der Waals surface area contributed by atoms with E-state index in [0.717, 1.165) is 35.8 Å². The average molecular weight is 187 g/mol. The summed E-state index contributed by atoms with van der Waals surface area (Å²) in [6, 6.07) is 0. The van der Waals surface area contributed by atoms with Crippen LogP contribution in [0.5, 0.6) is 0 Å². The summed E-state index contributed by atoms with van der Waals surface area (Å²) < 4.78 is 1.88. The summed E-state index contributed by atoms with van der Waals surface area (Å²) in [6.07, 6.45) is 2.03. The van der Waals surface area contributed by atoms with Gasteiger partial charge in [-0.15, -0.1) is 0 Å². The predicted octanol–water partition coefficient (Wildman–Crippen LogP) is 2.82. The zero-order chi connectivity index (χ0) is 9.14. The highest BCUT2D eigenvalue weighted by Crippen LogP contribution is 2.19. The minimum absolute atomic E-state index is 0.800. The summed E-state index contributed by atoms with van der Waals surface area (Å²) >= 11 is 6.07. The lowest BCUT2D eigenvalue weighted by atomic mass is 10.2. The van der Waals surface area contributed by atoms with Gasteiger partial charge in [-0.3, -0.25) is 4.68 Å². The van der Waals surface area contributed by atoms with Crippen LogP contribution in [0.1, 0.15) is 31.5 Å². The topological polar surface area (TPSA) is 17.8 Å². The van der Waals surface area contributed by atoms with Gasteiger partial charge in [0.15, 0.2) is 0 Å². The Kier molecular flexibility index (Phi) is 3.15. The molecular formula is C9H15ClN2. The molecule has 0 saturated carbocycles. The van der Waals surface area contributed by atoms with Gasteiger partial charge < -0.3 is 0 Å². The van der Waals surface area contributed by atoms with Crippen molar-refractivity contribution in [2.45, 2.75) is 40.2 Å². The Balaban J connectivity index is 2.98. The third-order valence-corrected chi connectivity index (χ3v) is 2.46. The van der Waals surface area contributed by atoms with Crippen molar-refractivity contribution < 1.29 is 0 Å². The normalized spacial score (nSPS) is 10.7. The lowest BCUT2D eigenvalue weighted by molar-refractivity contribution is 0.596. The molecular weight excluding hydrogens is 172 g/mol. The maximum absolute atomic E-state index is 6.07. The molecule has 1 aromatic rings. The second kappa shape index (κ2) is 3.94. The summed E-state index contributed by atoms with van der Waals surface area (Å²) in [6.45, 7) is 7.17. The SMILES string of the molecule is CCCn1nc(CC)c(C)c1Cl. The first-order valence-electron chi connectivity index (χ1n) is 4.42. The van der Waals surface area contributed by atoms with Crippen LogP contribution < -0.4 is 0 Å². The maximum atomic E-state index is 6.07. The van der Waals surface area contributed by atoms with Crippen LogP contribution in [0, 0.1) is 6.92 Å². The van der Waals surface area contributed by atoms with Crippen LogP contribution in [0.2, 0.25) is 5.15 Å². The molecule has 0 N–H and O–H groups in total. The number of halogens is 1. The molecule has 0 aliphatic heterocycles. The van der Waals surface area contributed by atoms with Crippen LogP contribution in [-0.2, 0) is 13.0 Å². The Morgan fingerprint density at radius 1 is 1.42 bits per heavy atom. The molecule has 0 saturated heterocycles. The van der Waals surface area contributed by atoms with Crippen LogP contribution in [0.3, 0.4) is 0 Å². The number of rotatable bonds is 3. The number of nitrogens with zero attached hydrogens (tertiary/aromatic N) is 2. The van der Waals surface area contributed by atoms with Gasteiger partial charge in [-0.2, -0.15) is 5.10 Å². The van der Waals surface area contributed by atoms with Gasteiger partial charge in [-0.05, 0) is 19.8 Å². The minimum Gasteiger partial charge on any atom is -0.253 e. The molecule has 0 amide bonds. The standard InChI is InChI=1S/C9H15ClN2/c1-4-6-12-9(10)7(3)8(5-2)11-12/h4-6H2,1-3H3. The fourth-order valence-electron chi connectivity index (χ4n) is 1.27. The Labute approximate surface area is 78.5 Å². The smallest absolute Gasteiger partial charge is 0.130 e. The quantitative estimate of drug-likeness (QED) is 0.710. The van der Waals surface area contributed by atoms with Gasteiger partial charge in [0.05, 0.1) is 5.69 Å². The van der Waals surface area contributed by atoms with Crippen LogP contribution in [0.15, 0.2) is 0 Å². The van der Waals surface area contributed by atoms with Crippen molar-refractivity contribution >= 4 is 11.6 Å². The van der Waals surface area contributed by atoms with Crippen LogP contribution in [-0.4, -0.2) is 9.78 Å². The van der Waals surface area contributed by atoms with Crippen molar-refractivity contribution in [3.05, 3.63) is 16.4 Å². The third-order valence-electron chi connectivity index (χ3n) is 1.98. The van der Waals surface area contributed by atoms with E-state index in [4.69, 9.17) is 11.6 Å². The molecule has 1 heterocycles. The number of hydrogen-bond donors (Lipinski definition) is 0. The lowest BCUT2D eigenvalue weighted by Gasteiger charge is -1.98. The van der Waals surface area contributed by atoms with Gasteiger partial charge in [-0.25, -0.2) is 0 Å². The van der Waals surface area contributed by atoms with Crippen molar-refractivity contribution in [2.75, 3.05) is 0 Å². The molecule has 0 unspecified atom stereocenters. The lowest BCUT2D eigenvalue weighted by Crippen LogP contribution is -1.99. The van der Waals surface area contributed by atoms with Crippen LogP contribution in [0.4, 0.5) is 0 Å². The molecule has 3 heteroatoms. The van der Waals surface area contributed by atoms with Crippen molar-refractivity contribution in [3.8, 4) is 0 Å². The number of hydrogen-bond acceptors (Lipinski definition) is 1. The van der Waals surface area contributed by atoms with E-state index in [9.17, 15) is 0 Å². The number of aryl methyl sites for hydroxylation is 2. The van der Waals surface area contributed by atoms with E-state index >= 15 is 0 Å². The molecule has 0 aliphatic carbocycles. The average Bonchev–Trinajstić information content (AvgIpc) is 2.33. The van der Waals surface area contributed by atoms with E-state index in [2.05, 4.69) is 18.9 Å². The molecule has 0 aliphatic rings. The molecule has 2 nitrogen and oxygen atoms in total. The zero-order valence-electron chi connectivity index (χ0n) is 7.89. The zero-order valence-corrected chi connectivity index (χ0v) is 8.65. The molecule has 0 aromatic carbocycles. The minimum atomic E-state index is 0.800. The summed E-state index contributed by atoms with van der Waals surface area (Å²) in [5.74, 6) is 0. The summed E-state index contributed by atoms with van der Waals surface area (Å²) in [5, 5.41) is 5.20. The Bertz CT molecular complexity index is 266. The van der Waals surface area contributed by atoms with Gasteiger partial charge in [0, 0.05) is 12.1 Å². The Morgan fingerprint density at radius 2 is 2.08 bits per heavy atom. The second-order valence-electron chi connectivity index (χ2n) is 2.94. The van der Waals surface area contributed by atoms with E-state index in [0.29, 0.717) is 0 Å². The first-order chi connectivity index (χ1) is 5.70. The molecule has 1 rings (SSSR count). The first kappa shape index (κ1) is 9.59. The Hall–Kier alpha value is -0.500. The predicted molar refractivity (Wildman–Crippen MR) is 51.6 cm³/mol. The fourth-order valence-corrected chi connectivity index (χ4v) is 1.50. The van der Waals surface area contributed by atoms with Gasteiger partial charge in [0.2, 0.25) is 0 Å². The fraction of sp³-hybridized carbons (Fsp3) is 0.667. The molecule has 0 atom stereocenters. The van der Waals surface area contributed by atoms with Crippen molar-refractivity contribution in [2.24, 2.45) is 0 Å². The highest BCUT2D eigenvalue weighted by molar-refractivity contribution is 6.30. The van der Waals surface area contributed by atoms with Gasteiger partial charge in [-0.1, -0.05) is 25.4 Å². The second-order valence-corrected chi connectivity index (χ2v) is 3.30. The molecule has 0 fully saturated rings. The molecule has 12 heavy (non-hydrogen) atoms. The van der Waals surface area contributed by atoms with E-state index in [1.807, 2.05) is 11.6 Å². The van der Waals surface area contributed by atoms with Crippen molar-refractivity contribution in [1.82, 2.24) is 9.78 Å². The molecule has 68 valence electrons. The van der Waals surface area contributed by atoms with Crippen molar-refractivity contribution in [3.63, 3.8) is 0 Å². The highest BCUT2D eigenvalue weighted by atomic mass is 35.5. The van der Waals surface area contributed by atoms with Crippen molar-refractivity contribution in [1.29, 1.82) is 0 Å². The van der Waals surface area contributed by atoms with Crippen LogP contribution in [0.25, 0.3) is 0 Å². The van der Waals surface area contributed by atoms with Gasteiger partial charge in [0.1, 0.15) is 5.15 Å². The highest BCUT2D eigenvalue weighted by Gasteiger charge is 2.09. The summed E-state index contributed by atoms with van der Waals surface area (Å²) in [7, 11) is 0. The van der Waals surface area contributed by atoms with E-state index in [1.165, 1.54) is 0 Å². The molecule has 1 aromatic heterocycles.